The molecule has 0 aliphatic rings. The van der Waals surface area contributed by atoms with Gasteiger partial charge in [0.05, 0.1) is 5.69 Å². The van der Waals surface area contributed by atoms with E-state index in [0.717, 1.165) is 5.56 Å². The molecule has 5 heteroatoms. The number of para-hydroxylation sites is 1. The maximum Gasteiger partial charge on any atom is 0.326 e. The fraction of sp³-hybridized carbons (Fsp3) is 0.133. The van der Waals surface area contributed by atoms with Gasteiger partial charge >= 0.3 is 6.03 Å². The number of amides is 2. The molecule has 20 heavy (non-hydrogen) atoms. The molecule has 2 rings (SSSR count). The van der Waals surface area contributed by atoms with Gasteiger partial charge in [0.2, 0.25) is 0 Å². The zero-order valence-electron chi connectivity index (χ0n) is 11.1. The van der Waals surface area contributed by atoms with Gasteiger partial charge in [0, 0.05) is 19.3 Å². The molecule has 2 aromatic rings. The van der Waals surface area contributed by atoms with Gasteiger partial charge in [0.25, 0.3) is 0 Å². The number of rotatable bonds is 3. The monoisotopic (exact) mass is 273 g/mol. The summed E-state index contributed by atoms with van der Waals surface area (Å²) in [7, 11) is 1.62. The van der Waals surface area contributed by atoms with E-state index in [0.29, 0.717) is 12.2 Å². The summed E-state index contributed by atoms with van der Waals surface area (Å²) < 4.78 is 13.5. The first kappa shape index (κ1) is 14.0. The number of hydrogen-bond acceptors (Lipinski definition) is 2. The molecule has 0 bridgehead atoms. The van der Waals surface area contributed by atoms with Gasteiger partial charge in [0.15, 0.2) is 0 Å². The Hall–Kier alpha value is -2.40. The molecule has 0 aliphatic carbocycles. The van der Waals surface area contributed by atoms with Crippen LogP contribution >= 0.6 is 0 Å². The maximum absolute atomic E-state index is 13.5. The number of nitrogens with zero attached hydrogens (tertiary/aromatic N) is 1. The highest BCUT2D eigenvalue weighted by Crippen LogP contribution is 2.17. The molecule has 0 unspecified atom stereocenters. The summed E-state index contributed by atoms with van der Waals surface area (Å²) in [6, 6.07) is 12.9. The normalized spacial score (nSPS) is 10.2. The Labute approximate surface area is 117 Å². The number of nitrogens with one attached hydrogen (secondary N) is 1. The topological polar surface area (TPSA) is 58.4 Å². The first-order chi connectivity index (χ1) is 9.61. The summed E-state index contributed by atoms with van der Waals surface area (Å²) in [6.07, 6.45) is 0. The van der Waals surface area contributed by atoms with Crippen LogP contribution in [-0.2, 0) is 6.54 Å². The highest BCUT2D eigenvalue weighted by atomic mass is 19.1. The molecule has 3 N–H and O–H groups in total. The average Bonchev–Trinajstić information content (AvgIpc) is 2.48. The van der Waals surface area contributed by atoms with Crippen molar-refractivity contribution in [3.63, 3.8) is 0 Å². The van der Waals surface area contributed by atoms with E-state index in [1.54, 1.807) is 25.2 Å². The molecule has 0 spiro atoms. The first-order valence-corrected chi connectivity index (χ1v) is 6.20. The maximum atomic E-state index is 13.5. The van der Waals surface area contributed by atoms with Crippen LogP contribution in [0.15, 0.2) is 48.5 Å². The van der Waals surface area contributed by atoms with Crippen molar-refractivity contribution in [2.75, 3.05) is 17.3 Å². The highest BCUT2D eigenvalue weighted by molar-refractivity contribution is 6.01. The number of hydrogen-bond donors (Lipinski definition) is 2. The Kier molecular flexibility index (Phi) is 4.32. The quantitative estimate of drug-likeness (QED) is 0.903. The lowest BCUT2D eigenvalue weighted by molar-refractivity contribution is 0.258. The molecule has 0 saturated heterocycles. The van der Waals surface area contributed by atoms with Crippen LogP contribution in [0.5, 0.6) is 0 Å². The Bertz CT molecular complexity index is 616. The van der Waals surface area contributed by atoms with Gasteiger partial charge in [-0.1, -0.05) is 24.3 Å². The molecule has 0 aliphatic heterocycles. The smallest absolute Gasteiger partial charge is 0.326 e. The van der Waals surface area contributed by atoms with E-state index in [2.05, 4.69) is 5.32 Å². The van der Waals surface area contributed by atoms with Crippen LogP contribution in [0.3, 0.4) is 0 Å². The van der Waals surface area contributed by atoms with E-state index in [9.17, 15) is 9.18 Å². The molecule has 104 valence electrons. The van der Waals surface area contributed by atoms with Crippen LogP contribution in [0, 0.1) is 5.82 Å². The number of urea groups is 1. The molecular weight excluding hydrogens is 257 g/mol. The lowest BCUT2D eigenvalue weighted by Crippen LogP contribution is -2.31. The Morgan fingerprint density at radius 1 is 1.25 bits per heavy atom. The van der Waals surface area contributed by atoms with Crippen molar-refractivity contribution in [2.45, 2.75) is 6.54 Å². The van der Waals surface area contributed by atoms with Crippen LogP contribution in [-0.4, -0.2) is 13.1 Å². The second-order valence-corrected chi connectivity index (χ2v) is 4.34. The Balaban J connectivity index is 2.14. The largest absolute Gasteiger partial charge is 0.326 e. The predicted octanol–water partition coefficient (Wildman–Crippen LogP) is 2.95. The van der Waals surface area contributed by atoms with Crippen molar-refractivity contribution in [1.82, 2.24) is 0 Å². The second-order valence-electron chi connectivity index (χ2n) is 4.34. The van der Waals surface area contributed by atoms with Gasteiger partial charge in [0.1, 0.15) is 5.82 Å². The lowest BCUT2D eigenvalue weighted by Gasteiger charge is -2.19. The van der Waals surface area contributed by atoms with E-state index in [4.69, 9.17) is 5.73 Å². The lowest BCUT2D eigenvalue weighted by atomic mass is 10.2. The van der Waals surface area contributed by atoms with Crippen molar-refractivity contribution in [1.29, 1.82) is 0 Å². The van der Waals surface area contributed by atoms with Gasteiger partial charge in [-0.3, -0.25) is 4.90 Å². The SMILES string of the molecule is CN(C(=O)Nc1ccccc1F)c1cccc(CN)c1. The number of anilines is 2. The molecule has 0 fully saturated rings. The minimum atomic E-state index is -0.468. The predicted molar refractivity (Wildman–Crippen MR) is 78.2 cm³/mol. The summed E-state index contributed by atoms with van der Waals surface area (Å²) in [5.74, 6) is -0.468. The van der Waals surface area contributed by atoms with Crippen LogP contribution < -0.4 is 16.0 Å². The molecule has 4 nitrogen and oxygen atoms in total. The zero-order valence-corrected chi connectivity index (χ0v) is 11.1. The number of nitrogens with two attached hydrogens (primary N) is 1. The third-order valence-electron chi connectivity index (χ3n) is 2.95. The minimum Gasteiger partial charge on any atom is -0.326 e. The number of halogens is 1. The van der Waals surface area contributed by atoms with Crippen molar-refractivity contribution < 1.29 is 9.18 Å². The summed E-state index contributed by atoms with van der Waals surface area (Å²) in [5.41, 5.74) is 7.34. The van der Waals surface area contributed by atoms with E-state index in [1.165, 1.54) is 17.0 Å². The van der Waals surface area contributed by atoms with E-state index >= 15 is 0 Å². The first-order valence-electron chi connectivity index (χ1n) is 6.20. The highest BCUT2D eigenvalue weighted by Gasteiger charge is 2.12. The standard InChI is InChI=1S/C15H16FN3O/c1-19(12-6-4-5-11(9-12)10-17)15(20)18-14-8-3-2-7-13(14)16/h2-9H,10,17H2,1H3,(H,18,20). The van der Waals surface area contributed by atoms with E-state index in [-0.39, 0.29) is 5.69 Å². The molecule has 0 saturated carbocycles. The molecule has 0 heterocycles. The summed E-state index contributed by atoms with van der Waals surface area (Å²) >= 11 is 0. The van der Waals surface area contributed by atoms with E-state index < -0.39 is 11.8 Å². The van der Waals surface area contributed by atoms with Gasteiger partial charge in [-0.2, -0.15) is 0 Å². The van der Waals surface area contributed by atoms with Crippen LogP contribution in [0.1, 0.15) is 5.56 Å². The summed E-state index contributed by atoms with van der Waals surface area (Å²) in [4.78, 5) is 13.5. The third kappa shape index (κ3) is 3.13. The van der Waals surface area contributed by atoms with Crippen molar-refractivity contribution in [3.8, 4) is 0 Å². The molecule has 0 aromatic heterocycles. The number of carbonyl (C=O) groups is 1. The molecule has 2 aromatic carbocycles. The van der Waals surface area contributed by atoms with Gasteiger partial charge in [-0.05, 0) is 29.8 Å². The molecular formula is C15H16FN3O. The van der Waals surface area contributed by atoms with Crippen LogP contribution in [0.4, 0.5) is 20.6 Å². The van der Waals surface area contributed by atoms with Crippen LogP contribution in [0.2, 0.25) is 0 Å². The minimum absolute atomic E-state index is 0.152. The zero-order chi connectivity index (χ0) is 14.5. The van der Waals surface area contributed by atoms with Gasteiger partial charge in [-0.25, -0.2) is 9.18 Å². The number of benzene rings is 2. The van der Waals surface area contributed by atoms with Crippen LogP contribution in [0.25, 0.3) is 0 Å². The van der Waals surface area contributed by atoms with Crippen molar-refractivity contribution >= 4 is 17.4 Å². The third-order valence-corrected chi connectivity index (χ3v) is 2.95. The fourth-order valence-corrected chi connectivity index (χ4v) is 1.77. The van der Waals surface area contributed by atoms with Gasteiger partial charge < -0.3 is 11.1 Å². The molecule has 2 amide bonds. The number of carbonyl (C=O) groups excluding carboxylic acids is 1. The summed E-state index contributed by atoms with van der Waals surface area (Å²) in [5, 5.41) is 2.53. The average molecular weight is 273 g/mol. The fourth-order valence-electron chi connectivity index (χ4n) is 1.77. The Morgan fingerprint density at radius 2 is 2.00 bits per heavy atom. The van der Waals surface area contributed by atoms with E-state index in [1.807, 2.05) is 18.2 Å². The second kappa shape index (κ2) is 6.16. The van der Waals surface area contributed by atoms with Crippen molar-refractivity contribution in [3.05, 3.63) is 59.9 Å². The molecule has 0 radical (unpaired) electrons. The Morgan fingerprint density at radius 3 is 2.70 bits per heavy atom. The van der Waals surface area contributed by atoms with Crippen molar-refractivity contribution in [2.24, 2.45) is 5.73 Å². The summed E-state index contributed by atoms with van der Waals surface area (Å²) in [6.45, 7) is 0.399. The molecule has 0 atom stereocenters. The van der Waals surface area contributed by atoms with Gasteiger partial charge in [-0.15, -0.1) is 0 Å².